The number of carbonyl (C=O) groups excluding carboxylic acids is 2. The number of nitrogens with one attached hydrogen (secondary N) is 1. The lowest BCUT2D eigenvalue weighted by Crippen LogP contribution is -2.52. The summed E-state index contributed by atoms with van der Waals surface area (Å²) >= 11 is 1.43. The van der Waals surface area contributed by atoms with E-state index < -0.39 is 0 Å². The van der Waals surface area contributed by atoms with E-state index in [1.54, 1.807) is 4.90 Å². The van der Waals surface area contributed by atoms with Crippen molar-refractivity contribution < 1.29 is 14.7 Å². The van der Waals surface area contributed by atoms with E-state index in [0.717, 1.165) is 24.1 Å². The van der Waals surface area contributed by atoms with Crippen molar-refractivity contribution in [3.63, 3.8) is 0 Å². The highest BCUT2D eigenvalue weighted by molar-refractivity contribution is 7.12. The number of rotatable bonds is 6. The molecule has 6 heteroatoms. The standard InChI is InChI=1S/C17H26N2O3S/c1-3-17(2,8-10-20)18-15(21)13-6-4-9-19(12-13)16(22)14-7-5-11-23-14/h5,7,11,13,20H,3-4,6,8-10,12H2,1-2H3,(H,18,21). The Kier molecular flexibility index (Phi) is 6.18. The van der Waals surface area contributed by atoms with E-state index in [0.29, 0.717) is 19.5 Å². The van der Waals surface area contributed by atoms with Crippen LogP contribution in [0.2, 0.25) is 0 Å². The molecule has 2 atom stereocenters. The van der Waals surface area contributed by atoms with Crippen LogP contribution < -0.4 is 5.32 Å². The molecule has 128 valence electrons. The molecule has 0 aromatic carbocycles. The number of carbonyl (C=O) groups is 2. The topological polar surface area (TPSA) is 69.6 Å². The fourth-order valence-electron chi connectivity index (χ4n) is 2.91. The highest BCUT2D eigenvalue weighted by Crippen LogP contribution is 2.22. The molecule has 1 aromatic rings. The highest BCUT2D eigenvalue weighted by atomic mass is 32.1. The average Bonchev–Trinajstić information content (AvgIpc) is 3.09. The summed E-state index contributed by atoms with van der Waals surface area (Å²) in [4.78, 5) is 27.5. The van der Waals surface area contributed by atoms with E-state index in [1.807, 2.05) is 31.4 Å². The Morgan fingerprint density at radius 2 is 2.30 bits per heavy atom. The maximum absolute atomic E-state index is 12.6. The van der Waals surface area contributed by atoms with Crippen molar-refractivity contribution in [2.24, 2.45) is 5.92 Å². The number of piperidine rings is 1. The van der Waals surface area contributed by atoms with E-state index >= 15 is 0 Å². The average molecular weight is 338 g/mol. The third-order valence-electron chi connectivity index (χ3n) is 4.68. The van der Waals surface area contributed by atoms with Crippen molar-refractivity contribution in [2.75, 3.05) is 19.7 Å². The van der Waals surface area contributed by atoms with Crippen molar-refractivity contribution in [1.82, 2.24) is 10.2 Å². The summed E-state index contributed by atoms with van der Waals surface area (Å²) < 4.78 is 0. The number of nitrogens with zero attached hydrogens (tertiary/aromatic N) is 1. The Balaban J connectivity index is 1.97. The summed E-state index contributed by atoms with van der Waals surface area (Å²) in [5.41, 5.74) is -0.383. The Hall–Kier alpha value is -1.40. The number of likely N-dealkylation sites (tertiary alicyclic amines) is 1. The van der Waals surface area contributed by atoms with Crippen molar-refractivity contribution in [2.45, 2.75) is 45.1 Å². The van der Waals surface area contributed by atoms with Gasteiger partial charge in [-0.25, -0.2) is 0 Å². The number of aliphatic hydroxyl groups is 1. The van der Waals surface area contributed by atoms with E-state index in [4.69, 9.17) is 0 Å². The first-order valence-electron chi connectivity index (χ1n) is 8.25. The van der Waals surface area contributed by atoms with Crippen LogP contribution in [0.25, 0.3) is 0 Å². The van der Waals surface area contributed by atoms with Gasteiger partial charge in [-0.2, -0.15) is 0 Å². The summed E-state index contributed by atoms with van der Waals surface area (Å²) in [5, 5.41) is 14.1. The first-order chi connectivity index (χ1) is 11.0. The number of amides is 2. The van der Waals surface area contributed by atoms with Gasteiger partial charge in [-0.3, -0.25) is 9.59 Å². The molecular formula is C17H26N2O3S. The minimum absolute atomic E-state index is 0.00789. The van der Waals surface area contributed by atoms with Gasteiger partial charge in [0.15, 0.2) is 0 Å². The molecular weight excluding hydrogens is 312 g/mol. The Morgan fingerprint density at radius 3 is 2.91 bits per heavy atom. The van der Waals surface area contributed by atoms with Crippen LogP contribution >= 0.6 is 11.3 Å². The lowest BCUT2D eigenvalue weighted by atomic mass is 9.91. The third-order valence-corrected chi connectivity index (χ3v) is 5.54. The van der Waals surface area contributed by atoms with E-state index in [1.165, 1.54) is 11.3 Å². The fourth-order valence-corrected chi connectivity index (χ4v) is 3.60. The van der Waals surface area contributed by atoms with Gasteiger partial charge in [0, 0.05) is 25.2 Å². The van der Waals surface area contributed by atoms with Gasteiger partial charge in [0.25, 0.3) is 5.91 Å². The fraction of sp³-hybridized carbons (Fsp3) is 0.647. The molecule has 0 bridgehead atoms. The summed E-state index contributed by atoms with van der Waals surface area (Å²) in [6.07, 6.45) is 2.96. The predicted octanol–water partition coefficient (Wildman–Crippen LogP) is 2.27. The maximum Gasteiger partial charge on any atom is 0.263 e. The van der Waals surface area contributed by atoms with Gasteiger partial charge in [0.2, 0.25) is 5.91 Å². The van der Waals surface area contributed by atoms with Gasteiger partial charge in [-0.1, -0.05) is 13.0 Å². The molecule has 5 nitrogen and oxygen atoms in total. The van der Waals surface area contributed by atoms with Gasteiger partial charge in [0.1, 0.15) is 0 Å². The van der Waals surface area contributed by atoms with Crippen molar-refractivity contribution >= 4 is 23.2 Å². The lowest BCUT2D eigenvalue weighted by molar-refractivity contribution is -0.128. The number of aliphatic hydroxyl groups excluding tert-OH is 1. The predicted molar refractivity (Wildman–Crippen MR) is 91.5 cm³/mol. The zero-order valence-electron chi connectivity index (χ0n) is 13.9. The first-order valence-corrected chi connectivity index (χ1v) is 9.12. The second-order valence-electron chi connectivity index (χ2n) is 6.44. The molecule has 2 N–H and O–H groups in total. The Morgan fingerprint density at radius 1 is 1.52 bits per heavy atom. The number of thiophene rings is 1. The smallest absolute Gasteiger partial charge is 0.263 e. The minimum atomic E-state index is -0.383. The first kappa shape index (κ1) is 17.9. The SMILES string of the molecule is CCC(C)(CCO)NC(=O)C1CCCN(C(=O)c2cccs2)C1. The summed E-state index contributed by atoms with van der Waals surface area (Å²) in [5.74, 6) is -0.158. The van der Waals surface area contributed by atoms with Gasteiger partial charge in [-0.15, -0.1) is 11.3 Å². The van der Waals surface area contributed by atoms with Gasteiger partial charge in [0.05, 0.1) is 10.8 Å². The summed E-state index contributed by atoms with van der Waals surface area (Å²) in [7, 11) is 0. The van der Waals surface area contributed by atoms with E-state index in [2.05, 4.69) is 5.32 Å². The molecule has 2 unspecified atom stereocenters. The molecule has 1 fully saturated rings. The molecule has 1 saturated heterocycles. The third kappa shape index (κ3) is 4.54. The molecule has 0 spiro atoms. The second kappa shape index (κ2) is 7.93. The van der Waals surface area contributed by atoms with Gasteiger partial charge >= 0.3 is 0 Å². The number of hydrogen-bond donors (Lipinski definition) is 2. The van der Waals surface area contributed by atoms with Crippen LogP contribution in [0.5, 0.6) is 0 Å². The Bertz CT molecular complexity index is 532. The molecule has 23 heavy (non-hydrogen) atoms. The van der Waals surface area contributed by atoms with E-state index in [-0.39, 0.29) is 29.9 Å². The molecule has 1 aromatic heterocycles. The van der Waals surface area contributed by atoms with Crippen molar-refractivity contribution in [1.29, 1.82) is 0 Å². The van der Waals surface area contributed by atoms with Crippen LogP contribution in [-0.2, 0) is 4.79 Å². The molecule has 0 saturated carbocycles. The Labute approximate surface area is 141 Å². The van der Waals surface area contributed by atoms with Crippen LogP contribution in [0.1, 0.15) is 49.2 Å². The monoisotopic (exact) mass is 338 g/mol. The molecule has 1 aliphatic heterocycles. The molecule has 0 aliphatic carbocycles. The zero-order chi connectivity index (χ0) is 16.9. The van der Waals surface area contributed by atoms with Crippen LogP contribution in [0.15, 0.2) is 17.5 Å². The van der Waals surface area contributed by atoms with Crippen LogP contribution in [0.3, 0.4) is 0 Å². The van der Waals surface area contributed by atoms with Crippen LogP contribution in [0.4, 0.5) is 0 Å². The summed E-state index contributed by atoms with van der Waals surface area (Å²) in [6.45, 7) is 5.20. The largest absolute Gasteiger partial charge is 0.396 e. The zero-order valence-corrected chi connectivity index (χ0v) is 14.7. The molecule has 2 amide bonds. The van der Waals surface area contributed by atoms with E-state index in [9.17, 15) is 14.7 Å². The molecule has 2 rings (SSSR count). The van der Waals surface area contributed by atoms with Gasteiger partial charge in [-0.05, 0) is 44.1 Å². The highest BCUT2D eigenvalue weighted by Gasteiger charge is 2.32. The molecule has 0 radical (unpaired) electrons. The summed E-state index contributed by atoms with van der Waals surface area (Å²) in [6, 6.07) is 3.69. The van der Waals surface area contributed by atoms with Crippen molar-refractivity contribution in [3.8, 4) is 0 Å². The second-order valence-corrected chi connectivity index (χ2v) is 7.39. The van der Waals surface area contributed by atoms with Gasteiger partial charge < -0.3 is 15.3 Å². The quantitative estimate of drug-likeness (QED) is 0.836. The minimum Gasteiger partial charge on any atom is -0.396 e. The normalized spacial score (nSPS) is 20.8. The lowest BCUT2D eigenvalue weighted by Gasteiger charge is -2.35. The maximum atomic E-state index is 12.6. The number of hydrogen-bond acceptors (Lipinski definition) is 4. The van der Waals surface area contributed by atoms with Crippen LogP contribution in [-0.4, -0.2) is 47.1 Å². The molecule has 2 heterocycles. The molecule has 1 aliphatic rings. The van der Waals surface area contributed by atoms with Crippen molar-refractivity contribution in [3.05, 3.63) is 22.4 Å². The van der Waals surface area contributed by atoms with Crippen LogP contribution in [0, 0.1) is 5.92 Å².